The fourth-order valence-electron chi connectivity index (χ4n) is 1.69. The van der Waals surface area contributed by atoms with Gasteiger partial charge in [0.2, 0.25) is 5.91 Å². The summed E-state index contributed by atoms with van der Waals surface area (Å²) in [5.41, 5.74) is 2.22. The molecular weight excluding hydrogens is 198 g/mol. The van der Waals surface area contributed by atoms with Crippen molar-refractivity contribution in [1.29, 1.82) is 0 Å². The van der Waals surface area contributed by atoms with Gasteiger partial charge in [0.1, 0.15) is 0 Å². The lowest BCUT2D eigenvalue weighted by Gasteiger charge is -2.22. The zero-order valence-corrected chi connectivity index (χ0v) is 10.7. The second kappa shape index (κ2) is 5.69. The molecule has 88 valence electrons. The highest BCUT2D eigenvalue weighted by Crippen LogP contribution is 2.17. The van der Waals surface area contributed by atoms with Gasteiger partial charge in [-0.15, -0.1) is 0 Å². The van der Waals surface area contributed by atoms with Crippen LogP contribution in [-0.4, -0.2) is 12.5 Å². The van der Waals surface area contributed by atoms with Crippen LogP contribution >= 0.6 is 0 Å². The van der Waals surface area contributed by atoms with Gasteiger partial charge in [-0.2, -0.15) is 0 Å². The summed E-state index contributed by atoms with van der Waals surface area (Å²) >= 11 is 0. The molecule has 0 aromatic heterocycles. The summed E-state index contributed by atoms with van der Waals surface area (Å²) in [5.74, 6) is 0.619. The monoisotopic (exact) mass is 219 g/mol. The molecule has 0 fully saturated rings. The zero-order chi connectivity index (χ0) is 12.1. The molecule has 0 atom stereocenters. The van der Waals surface area contributed by atoms with Crippen LogP contribution in [0.1, 0.15) is 32.8 Å². The van der Waals surface area contributed by atoms with E-state index in [-0.39, 0.29) is 5.91 Å². The standard InChI is InChI=1S/C14H21NO/c1-5-15(14(16)10-11(2)3)13-8-6-12(4)7-9-13/h6-9,11H,5,10H2,1-4H3. The maximum atomic E-state index is 12.0. The molecule has 0 saturated carbocycles. The van der Waals surface area contributed by atoms with Gasteiger partial charge in [-0.05, 0) is 31.9 Å². The van der Waals surface area contributed by atoms with Crippen molar-refractivity contribution in [2.45, 2.75) is 34.1 Å². The molecule has 0 aliphatic carbocycles. The third kappa shape index (κ3) is 3.37. The number of hydrogen-bond donors (Lipinski definition) is 0. The summed E-state index contributed by atoms with van der Waals surface area (Å²) in [6.45, 7) is 8.93. The van der Waals surface area contributed by atoms with Crippen LogP contribution in [0.3, 0.4) is 0 Å². The molecule has 16 heavy (non-hydrogen) atoms. The van der Waals surface area contributed by atoms with E-state index in [0.717, 1.165) is 12.2 Å². The van der Waals surface area contributed by atoms with Crippen LogP contribution < -0.4 is 4.90 Å². The first-order valence-corrected chi connectivity index (χ1v) is 5.91. The van der Waals surface area contributed by atoms with Crippen LogP contribution in [-0.2, 0) is 4.79 Å². The Morgan fingerprint density at radius 3 is 2.25 bits per heavy atom. The summed E-state index contributed by atoms with van der Waals surface area (Å²) in [7, 11) is 0. The largest absolute Gasteiger partial charge is 0.313 e. The minimum absolute atomic E-state index is 0.210. The highest BCUT2D eigenvalue weighted by Gasteiger charge is 2.14. The maximum Gasteiger partial charge on any atom is 0.227 e. The van der Waals surface area contributed by atoms with Gasteiger partial charge >= 0.3 is 0 Å². The number of hydrogen-bond acceptors (Lipinski definition) is 1. The Bertz CT molecular complexity index is 340. The number of rotatable bonds is 4. The van der Waals surface area contributed by atoms with Crippen LogP contribution in [0, 0.1) is 12.8 Å². The minimum Gasteiger partial charge on any atom is -0.313 e. The van der Waals surface area contributed by atoms with Gasteiger partial charge in [-0.3, -0.25) is 4.79 Å². The van der Waals surface area contributed by atoms with Gasteiger partial charge in [0.05, 0.1) is 0 Å². The third-order valence-electron chi connectivity index (χ3n) is 2.55. The van der Waals surface area contributed by atoms with Gasteiger partial charge in [0.25, 0.3) is 0 Å². The quantitative estimate of drug-likeness (QED) is 0.760. The zero-order valence-electron chi connectivity index (χ0n) is 10.7. The highest BCUT2D eigenvalue weighted by molar-refractivity contribution is 5.93. The van der Waals surface area contributed by atoms with Gasteiger partial charge < -0.3 is 4.90 Å². The first kappa shape index (κ1) is 12.8. The maximum absolute atomic E-state index is 12.0. The van der Waals surface area contributed by atoms with E-state index in [4.69, 9.17) is 0 Å². The topological polar surface area (TPSA) is 20.3 Å². The molecule has 0 aliphatic heterocycles. The van der Waals surface area contributed by atoms with Crippen LogP contribution in [0.15, 0.2) is 24.3 Å². The molecule has 2 heteroatoms. The summed E-state index contributed by atoms with van der Waals surface area (Å²) in [6.07, 6.45) is 0.613. The van der Waals surface area contributed by atoms with Gasteiger partial charge in [0, 0.05) is 18.7 Å². The minimum atomic E-state index is 0.210. The summed E-state index contributed by atoms with van der Waals surface area (Å²) in [5, 5.41) is 0. The van der Waals surface area contributed by atoms with Crippen molar-refractivity contribution in [3.63, 3.8) is 0 Å². The van der Waals surface area contributed by atoms with E-state index in [1.807, 2.05) is 36.1 Å². The first-order chi connectivity index (χ1) is 7.54. The average molecular weight is 219 g/mol. The number of carbonyl (C=O) groups excluding carboxylic acids is 1. The van der Waals surface area contributed by atoms with Crippen LogP contribution in [0.5, 0.6) is 0 Å². The van der Waals surface area contributed by atoms with Gasteiger partial charge in [-0.1, -0.05) is 31.5 Å². The highest BCUT2D eigenvalue weighted by atomic mass is 16.2. The SMILES string of the molecule is CCN(C(=O)CC(C)C)c1ccc(C)cc1. The van der Waals surface area contributed by atoms with Crippen LogP contribution in [0.4, 0.5) is 5.69 Å². The number of nitrogens with zero attached hydrogens (tertiary/aromatic N) is 1. The van der Waals surface area contributed by atoms with E-state index >= 15 is 0 Å². The second-order valence-corrected chi connectivity index (χ2v) is 4.57. The fraction of sp³-hybridized carbons (Fsp3) is 0.500. The van der Waals surface area contributed by atoms with E-state index < -0.39 is 0 Å². The van der Waals surface area contributed by atoms with E-state index in [1.165, 1.54) is 5.56 Å². The summed E-state index contributed by atoms with van der Waals surface area (Å²) in [6, 6.07) is 8.11. The Balaban J connectivity index is 2.81. The Hall–Kier alpha value is -1.31. The van der Waals surface area contributed by atoms with Crippen molar-refractivity contribution in [2.24, 2.45) is 5.92 Å². The molecule has 2 nitrogen and oxygen atoms in total. The van der Waals surface area contributed by atoms with Gasteiger partial charge in [0.15, 0.2) is 0 Å². The molecule has 1 amide bonds. The Kier molecular flexibility index (Phi) is 4.53. The number of carbonyl (C=O) groups is 1. The Morgan fingerprint density at radius 2 is 1.81 bits per heavy atom. The van der Waals surface area contributed by atoms with Crippen molar-refractivity contribution < 1.29 is 4.79 Å². The predicted molar refractivity (Wildman–Crippen MR) is 68.7 cm³/mol. The lowest BCUT2D eigenvalue weighted by Crippen LogP contribution is -2.31. The van der Waals surface area contributed by atoms with Crippen LogP contribution in [0.2, 0.25) is 0 Å². The van der Waals surface area contributed by atoms with Crippen molar-refractivity contribution in [3.05, 3.63) is 29.8 Å². The lowest BCUT2D eigenvalue weighted by atomic mass is 10.1. The smallest absolute Gasteiger partial charge is 0.227 e. The molecular formula is C14H21NO. The number of aryl methyl sites for hydroxylation is 1. The molecule has 0 aliphatic rings. The van der Waals surface area contributed by atoms with Crippen molar-refractivity contribution in [1.82, 2.24) is 0 Å². The molecule has 0 N–H and O–H groups in total. The molecule has 0 unspecified atom stereocenters. The number of benzene rings is 1. The Morgan fingerprint density at radius 1 is 1.25 bits per heavy atom. The van der Waals surface area contributed by atoms with Crippen molar-refractivity contribution >= 4 is 11.6 Å². The van der Waals surface area contributed by atoms with E-state index in [9.17, 15) is 4.79 Å². The van der Waals surface area contributed by atoms with E-state index in [1.54, 1.807) is 0 Å². The molecule has 1 aromatic carbocycles. The molecule has 0 saturated heterocycles. The van der Waals surface area contributed by atoms with Gasteiger partial charge in [-0.25, -0.2) is 0 Å². The normalized spacial score (nSPS) is 10.6. The second-order valence-electron chi connectivity index (χ2n) is 4.57. The Labute approximate surface area is 98.3 Å². The molecule has 0 spiro atoms. The van der Waals surface area contributed by atoms with Crippen molar-refractivity contribution in [3.8, 4) is 0 Å². The number of amides is 1. The third-order valence-corrected chi connectivity index (χ3v) is 2.55. The fourth-order valence-corrected chi connectivity index (χ4v) is 1.69. The first-order valence-electron chi connectivity index (χ1n) is 5.91. The molecule has 0 bridgehead atoms. The molecule has 1 aromatic rings. The lowest BCUT2D eigenvalue weighted by molar-refractivity contribution is -0.119. The summed E-state index contributed by atoms with van der Waals surface area (Å²) < 4.78 is 0. The molecule has 0 radical (unpaired) electrons. The number of anilines is 1. The molecule has 1 rings (SSSR count). The van der Waals surface area contributed by atoms with E-state index in [2.05, 4.69) is 20.8 Å². The summed E-state index contributed by atoms with van der Waals surface area (Å²) in [4.78, 5) is 13.8. The van der Waals surface area contributed by atoms with Crippen LogP contribution in [0.25, 0.3) is 0 Å². The average Bonchev–Trinajstić information content (AvgIpc) is 2.21. The van der Waals surface area contributed by atoms with Crippen molar-refractivity contribution in [2.75, 3.05) is 11.4 Å². The molecule has 0 heterocycles. The predicted octanol–water partition coefficient (Wildman–Crippen LogP) is 3.39. The van der Waals surface area contributed by atoms with E-state index in [0.29, 0.717) is 12.3 Å².